The second-order valence-corrected chi connectivity index (χ2v) is 7.83. The smallest absolute Gasteiger partial charge is 0.326 e. The number of nitrogens with one attached hydrogen (secondary N) is 1. The first-order chi connectivity index (χ1) is 15.7. The van der Waals surface area contributed by atoms with E-state index in [4.69, 9.17) is 9.47 Å². The van der Waals surface area contributed by atoms with Crippen molar-refractivity contribution in [3.05, 3.63) is 60.0 Å². The Kier molecular flexibility index (Phi) is 7.32. The van der Waals surface area contributed by atoms with Gasteiger partial charge in [0.2, 0.25) is 0 Å². The normalized spacial score (nSPS) is 11.8. The minimum atomic E-state index is -1.12. The summed E-state index contributed by atoms with van der Waals surface area (Å²) in [5.41, 5.74) is 1.49. The van der Waals surface area contributed by atoms with Gasteiger partial charge in [-0.15, -0.1) is 0 Å². The van der Waals surface area contributed by atoms with Gasteiger partial charge in [-0.1, -0.05) is 19.9 Å². The SMILES string of the molecule is COc1cccc(OC)c1-c1cc(C(=O)N[C@@H](CC(C)C)C(=O)O)nn1-c1ccc(F)cc1. The second kappa shape index (κ2) is 10.2. The Hall–Kier alpha value is -3.88. The van der Waals surface area contributed by atoms with Crippen LogP contribution in [0.4, 0.5) is 4.39 Å². The fourth-order valence-corrected chi connectivity index (χ4v) is 3.48. The summed E-state index contributed by atoms with van der Waals surface area (Å²) in [6.45, 7) is 3.74. The third-order valence-electron chi connectivity index (χ3n) is 5.01. The average molecular weight is 455 g/mol. The third-order valence-corrected chi connectivity index (χ3v) is 5.01. The minimum Gasteiger partial charge on any atom is -0.496 e. The number of halogens is 1. The van der Waals surface area contributed by atoms with Crippen LogP contribution in [0, 0.1) is 11.7 Å². The number of carboxylic acid groups (broad SMARTS) is 1. The Balaban J connectivity index is 2.13. The van der Waals surface area contributed by atoms with Crippen LogP contribution >= 0.6 is 0 Å². The molecule has 0 saturated carbocycles. The van der Waals surface area contributed by atoms with E-state index in [1.807, 2.05) is 13.8 Å². The Bertz CT molecular complexity index is 1120. The maximum atomic E-state index is 13.5. The highest BCUT2D eigenvalue weighted by molar-refractivity contribution is 5.96. The highest BCUT2D eigenvalue weighted by Gasteiger charge is 2.26. The molecule has 2 aromatic carbocycles. The molecule has 1 atom stereocenters. The first-order valence-corrected chi connectivity index (χ1v) is 10.4. The topological polar surface area (TPSA) is 103 Å². The van der Waals surface area contributed by atoms with Crippen molar-refractivity contribution in [1.29, 1.82) is 0 Å². The molecular weight excluding hydrogens is 429 g/mol. The fourth-order valence-electron chi connectivity index (χ4n) is 3.48. The molecule has 0 unspecified atom stereocenters. The standard InChI is InChI=1S/C24H26FN3O5/c1-14(2)12-18(24(30)31)26-23(29)17-13-19(22-20(32-3)6-5-7-21(22)33-4)28(27-17)16-10-8-15(25)9-11-16/h5-11,13-14,18H,12H2,1-4H3,(H,26,29)(H,30,31)/t18-/m0/s1. The number of aromatic nitrogens is 2. The number of carbonyl (C=O) groups excluding carboxylic acids is 1. The van der Waals surface area contributed by atoms with Gasteiger partial charge in [-0.05, 0) is 54.8 Å². The number of rotatable bonds is 9. The number of aliphatic carboxylic acids is 1. The number of carbonyl (C=O) groups is 2. The lowest BCUT2D eigenvalue weighted by Gasteiger charge is -2.15. The molecule has 9 heteroatoms. The van der Waals surface area contributed by atoms with E-state index in [1.54, 1.807) is 18.2 Å². The van der Waals surface area contributed by atoms with Crippen LogP contribution in [0.25, 0.3) is 16.9 Å². The molecule has 1 amide bonds. The molecule has 0 saturated heterocycles. The Morgan fingerprint density at radius 3 is 2.21 bits per heavy atom. The van der Waals surface area contributed by atoms with Crippen molar-refractivity contribution in [3.63, 3.8) is 0 Å². The number of nitrogens with zero attached hydrogens (tertiary/aromatic N) is 2. The lowest BCUT2D eigenvalue weighted by atomic mass is 10.0. The second-order valence-electron chi connectivity index (χ2n) is 7.83. The van der Waals surface area contributed by atoms with Crippen molar-refractivity contribution in [2.75, 3.05) is 14.2 Å². The van der Waals surface area contributed by atoms with Gasteiger partial charge in [0.05, 0.1) is 31.2 Å². The zero-order valence-electron chi connectivity index (χ0n) is 18.8. The molecule has 0 fully saturated rings. The zero-order chi connectivity index (χ0) is 24.1. The number of hydrogen-bond donors (Lipinski definition) is 2. The summed E-state index contributed by atoms with van der Waals surface area (Å²) in [7, 11) is 3.02. The van der Waals surface area contributed by atoms with E-state index >= 15 is 0 Å². The maximum absolute atomic E-state index is 13.5. The molecule has 2 N–H and O–H groups in total. The van der Waals surface area contributed by atoms with Crippen molar-refractivity contribution in [3.8, 4) is 28.4 Å². The molecule has 33 heavy (non-hydrogen) atoms. The predicted octanol–water partition coefficient (Wildman–Crippen LogP) is 3.92. The molecule has 0 aliphatic rings. The fraction of sp³-hybridized carbons (Fsp3) is 0.292. The van der Waals surface area contributed by atoms with Crippen LogP contribution in [0.2, 0.25) is 0 Å². The Morgan fingerprint density at radius 1 is 1.09 bits per heavy atom. The molecule has 0 aliphatic carbocycles. The first kappa shape index (κ1) is 23.8. The van der Waals surface area contributed by atoms with Crippen molar-refractivity contribution >= 4 is 11.9 Å². The minimum absolute atomic E-state index is 0.00251. The van der Waals surface area contributed by atoms with Crippen LogP contribution in [0.1, 0.15) is 30.8 Å². The van der Waals surface area contributed by atoms with E-state index in [0.29, 0.717) is 28.4 Å². The van der Waals surface area contributed by atoms with E-state index in [9.17, 15) is 19.1 Å². The zero-order valence-corrected chi connectivity index (χ0v) is 18.8. The monoisotopic (exact) mass is 455 g/mol. The molecule has 0 spiro atoms. The van der Waals surface area contributed by atoms with Gasteiger partial charge >= 0.3 is 5.97 Å². The van der Waals surface area contributed by atoms with Gasteiger partial charge in [0, 0.05) is 0 Å². The number of methoxy groups -OCH3 is 2. The van der Waals surface area contributed by atoms with Gasteiger partial charge in [-0.25, -0.2) is 13.9 Å². The summed E-state index contributed by atoms with van der Waals surface area (Å²) in [6.07, 6.45) is 0.271. The van der Waals surface area contributed by atoms with Crippen LogP contribution in [-0.4, -0.2) is 47.0 Å². The quantitative estimate of drug-likeness (QED) is 0.507. The largest absolute Gasteiger partial charge is 0.496 e. The lowest BCUT2D eigenvalue weighted by Crippen LogP contribution is -2.41. The summed E-state index contributed by atoms with van der Waals surface area (Å²) in [5.74, 6) is -1.16. The highest BCUT2D eigenvalue weighted by Crippen LogP contribution is 2.39. The van der Waals surface area contributed by atoms with E-state index < -0.39 is 23.7 Å². The lowest BCUT2D eigenvalue weighted by molar-refractivity contribution is -0.139. The van der Waals surface area contributed by atoms with E-state index in [2.05, 4.69) is 10.4 Å². The van der Waals surface area contributed by atoms with Crippen molar-refractivity contribution in [2.45, 2.75) is 26.3 Å². The number of carboxylic acids is 1. The van der Waals surface area contributed by atoms with Gasteiger partial charge in [0.15, 0.2) is 5.69 Å². The first-order valence-electron chi connectivity index (χ1n) is 10.4. The Labute approximate surface area is 190 Å². The summed E-state index contributed by atoms with van der Waals surface area (Å²) in [5, 5.41) is 16.4. The number of amides is 1. The molecule has 0 aliphatic heterocycles. The number of hydrogen-bond acceptors (Lipinski definition) is 5. The van der Waals surface area contributed by atoms with Crippen LogP contribution in [0.15, 0.2) is 48.5 Å². The Morgan fingerprint density at radius 2 is 1.70 bits per heavy atom. The van der Waals surface area contributed by atoms with Gasteiger partial charge in [-0.3, -0.25) is 4.79 Å². The summed E-state index contributed by atoms with van der Waals surface area (Å²) in [6, 6.07) is 11.3. The van der Waals surface area contributed by atoms with E-state index in [1.165, 1.54) is 49.2 Å². The molecule has 3 rings (SSSR count). The van der Waals surface area contributed by atoms with Crippen molar-refractivity contribution in [1.82, 2.24) is 15.1 Å². The van der Waals surface area contributed by atoms with Crippen molar-refractivity contribution < 1.29 is 28.6 Å². The summed E-state index contributed by atoms with van der Waals surface area (Å²) >= 11 is 0. The average Bonchev–Trinajstić information content (AvgIpc) is 3.23. The van der Waals surface area contributed by atoms with Crippen LogP contribution in [-0.2, 0) is 4.79 Å². The summed E-state index contributed by atoms with van der Waals surface area (Å²) < 4.78 is 26.0. The predicted molar refractivity (Wildman–Crippen MR) is 120 cm³/mol. The highest BCUT2D eigenvalue weighted by atomic mass is 19.1. The van der Waals surface area contributed by atoms with Gasteiger partial charge in [0.1, 0.15) is 23.4 Å². The molecule has 3 aromatic rings. The van der Waals surface area contributed by atoms with Gasteiger partial charge in [-0.2, -0.15) is 5.10 Å². The molecule has 8 nitrogen and oxygen atoms in total. The molecule has 0 bridgehead atoms. The summed E-state index contributed by atoms with van der Waals surface area (Å²) in [4.78, 5) is 24.6. The number of ether oxygens (including phenoxy) is 2. The van der Waals surface area contributed by atoms with Gasteiger partial charge < -0.3 is 19.9 Å². The molecule has 1 heterocycles. The third kappa shape index (κ3) is 5.31. The maximum Gasteiger partial charge on any atom is 0.326 e. The molecule has 0 radical (unpaired) electrons. The molecule has 174 valence electrons. The van der Waals surface area contributed by atoms with Crippen LogP contribution < -0.4 is 14.8 Å². The van der Waals surface area contributed by atoms with Gasteiger partial charge in [0.25, 0.3) is 5.91 Å². The van der Waals surface area contributed by atoms with E-state index in [0.717, 1.165) is 0 Å². The van der Waals surface area contributed by atoms with Crippen LogP contribution in [0.3, 0.4) is 0 Å². The van der Waals surface area contributed by atoms with Crippen molar-refractivity contribution in [2.24, 2.45) is 5.92 Å². The van der Waals surface area contributed by atoms with E-state index in [-0.39, 0.29) is 18.0 Å². The van der Waals surface area contributed by atoms with Crippen LogP contribution in [0.5, 0.6) is 11.5 Å². The number of benzene rings is 2. The molecular formula is C24H26FN3O5. The molecule has 1 aromatic heterocycles.